The van der Waals surface area contributed by atoms with Gasteiger partial charge in [-0.15, -0.1) is 17.0 Å². The van der Waals surface area contributed by atoms with Crippen LogP contribution in [0.2, 0.25) is 0 Å². The van der Waals surface area contributed by atoms with Crippen molar-refractivity contribution < 1.29 is 0 Å². The molecule has 0 saturated heterocycles. The third kappa shape index (κ3) is 22.3. The topological polar surface area (TPSA) is 30.7 Å². The molecule has 0 bridgehead atoms. The molecule has 0 aliphatic rings. The number of fused-ring (bicyclic) bond motifs is 1. The number of hydrogen-bond acceptors (Lipinski definition) is 2. The molecule has 0 aliphatic carbocycles. The van der Waals surface area contributed by atoms with E-state index in [4.69, 9.17) is 4.98 Å². The van der Waals surface area contributed by atoms with Gasteiger partial charge < -0.3 is 4.57 Å². The Kier molecular flexibility index (Phi) is 30.7. The Bertz CT molecular complexity index is 1080. The van der Waals surface area contributed by atoms with Gasteiger partial charge >= 0.3 is 0 Å². The number of imidazole rings is 1. The van der Waals surface area contributed by atoms with Gasteiger partial charge in [0.15, 0.2) is 0 Å². The van der Waals surface area contributed by atoms with Crippen molar-refractivity contribution in [3.63, 3.8) is 0 Å². The molecule has 0 radical (unpaired) electrons. The molecule has 4 heteroatoms. The van der Waals surface area contributed by atoms with Crippen molar-refractivity contribution in [2.45, 2.75) is 213 Å². The highest BCUT2D eigenvalue weighted by Crippen LogP contribution is 2.27. The van der Waals surface area contributed by atoms with Gasteiger partial charge in [-0.3, -0.25) is 4.98 Å². The van der Waals surface area contributed by atoms with Gasteiger partial charge in [0.2, 0.25) is 0 Å². The fourth-order valence-electron chi connectivity index (χ4n) is 7.36. The molecule has 1 atom stereocenters. The lowest BCUT2D eigenvalue weighted by Crippen LogP contribution is -2.07. The monoisotopic (exact) mass is 754 g/mol. The first-order valence-electron chi connectivity index (χ1n) is 21.5. The zero-order valence-corrected chi connectivity index (χ0v) is 35.2. The highest BCUT2D eigenvalue weighted by atomic mass is 79.9. The Labute approximate surface area is 321 Å². The first kappa shape index (κ1) is 46.3. The van der Waals surface area contributed by atoms with Gasteiger partial charge in [0.1, 0.15) is 5.82 Å². The largest absolute Gasteiger partial charge is 0.335 e. The maximum Gasteiger partial charge on any atom is 0.108 e. The third-order valence-electron chi connectivity index (χ3n) is 10.7. The fraction of sp³-hybridized carbons (Fsp3) is 0.739. The molecule has 1 aromatic carbocycles. The van der Waals surface area contributed by atoms with Crippen molar-refractivity contribution in [1.29, 1.82) is 0 Å². The molecule has 3 nitrogen and oxygen atoms in total. The minimum atomic E-state index is 0. The summed E-state index contributed by atoms with van der Waals surface area (Å²) in [5.41, 5.74) is 2.55. The van der Waals surface area contributed by atoms with E-state index in [2.05, 4.69) is 55.7 Å². The van der Waals surface area contributed by atoms with Crippen molar-refractivity contribution in [3.05, 3.63) is 60.3 Å². The first-order chi connectivity index (χ1) is 24.2. The Morgan fingerprint density at radius 2 is 0.960 bits per heavy atom. The second-order valence-electron chi connectivity index (χ2n) is 15.0. The van der Waals surface area contributed by atoms with Crippen LogP contribution >= 0.6 is 17.0 Å². The normalized spacial score (nSPS) is 11.7. The SMILES string of the molecule is Br.CCCCCCCCCCCCCCCc1ncc(C(CC)CCCCCCCCCCCCCCC)n1C.c1ccc2ncccc2c1. The van der Waals surface area contributed by atoms with Crippen LogP contribution in [0, 0.1) is 0 Å². The summed E-state index contributed by atoms with van der Waals surface area (Å²) in [5.74, 6) is 2.01. The predicted molar refractivity (Wildman–Crippen MR) is 228 cm³/mol. The van der Waals surface area contributed by atoms with E-state index in [9.17, 15) is 0 Å². The highest BCUT2D eigenvalue weighted by Gasteiger charge is 2.15. The lowest BCUT2D eigenvalue weighted by atomic mass is 9.95. The molecule has 2 heterocycles. The van der Waals surface area contributed by atoms with Crippen LogP contribution in [0.1, 0.15) is 218 Å². The van der Waals surface area contributed by atoms with Crippen LogP contribution in [0.4, 0.5) is 0 Å². The number of unbranched alkanes of at least 4 members (excludes halogenated alkanes) is 24. The molecule has 3 rings (SSSR count). The molecule has 0 spiro atoms. The molecule has 0 N–H and O–H groups in total. The molecular weight excluding hydrogens is 674 g/mol. The first-order valence-corrected chi connectivity index (χ1v) is 21.5. The Balaban J connectivity index is 0.000000955. The molecule has 2 aromatic heterocycles. The van der Waals surface area contributed by atoms with Gasteiger partial charge in [-0.2, -0.15) is 0 Å². The third-order valence-corrected chi connectivity index (χ3v) is 10.7. The van der Waals surface area contributed by atoms with Gasteiger partial charge in [-0.25, -0.2) is 4.98 Å². The minimum Gasteiger partial charge on any atom is -0.335 e. The van der Waals surface area contributed by atoms with Gasteiger partial charge in [0.25, 0.3) is 0 Å². The molecule has 50 heavy (non-hydrogen) atoms. The molecule has 0 amide bonds. The maximum atomic E-state index is 4.86. The number of rotatable bonds is 30. The Morgan fingerprint density at radius 3 is 1.44 bits per heavy atom. The van der Waals surface area contributed by atoms with Crippen molar-refractivity contribution in [1.82, 2.24) is 14.5 Å². The fourth-order valence-corrected chi connectivity index (χ4v) is 7.36. The molecule has 0 saturated carbocycles. The molecule has 286 valence electrons. The van der Waals surface area contributed by atoms with E-state index in [-0.39, 0.29) is 17.0 Å². The number of aromatic nitrogens is 3. The second kappa shape index (κ2) is 33.2. The summed E-state index contributed by atoms with van der Waals surface area (Å²) in [6.45, 7) is 6.97. The number of para-hydroxylation sites is 1. The number of aryl methyl sites for hydroxylation is 1. The molecular formula is C46H80BrN3. The van der Waals surface area contributed by atoms with E-state index < -0.39 is 0 Å². The Hall–Kier alpha value is -1.68. The van der Waals surface area contributed by atoms with Gasteiger partial charge in [0.05, 0.1) is 5.52 Å². The molecule has 1 unspecified atom stereocenters. The summed E-state index contributed by atoms with van der Waals surface area (Å²) < 4.78 is 2.44. The lowest BCUT2D eigenvalue weighted by molar-refractivity contribution is 0.500. The van der Waals surface area contributed by atoms with E-state index in [0.717, 1.165) is 11.9 Å². The van der Waals surface area contributed by atoms with E-state index in [1.165, 1.54) is 197 Å². The minimum absolute atomic E-state index is 0. The summed E-state index contributed by atoms with van der Waals surface area (Å²) in [6, 6.07) is 12.1. The zero-order chi connectivity index (χ0) is 35.0. The molecule has 0 aliphatic heterocycles. The van der Waals surface area contributed by atoms with Crippen molar-refractivity contribution in [2.75, 3.05) is 0 Å². The van der Waals surface area contributed by atoms with Gasteiger partial charge in [0, 0.05) is 42.9 Å². The quantitative estimate of drug-likeness (QED) is 0.0635. The summed E-state index contributed by atoms with van der Waals surface area (Å²) in [4.78, 5) is 9.04. The molecule has 0 fully saturated rings. The van der Waals surface area contributed by atoms with Gasteiger partial charge in [-0.05, 0) is 31.4 Å². The van der Waals surface area contributed by atoms with E-state index in [0.29, 0.717) is 5.92 Å². The average molecular weight is 755 g/mol. The van der Waals surface area contributed by atoms with Crippen molar-refractivity contribution in [3.8, 4) is 0 Å². The number of pyridine rings is 1. The number of nitrogens with zero attached hydrogens (tertiary/aromatic N) is 3. The summed E-state index contributed by atoms with van der Waals surface area (Å²) in [7, 11) is 2.27. The standard InChI is InChI=1S/C37H72N2.C9H7N.BrH/c1-5-8-10-12-14-16-18-20-22-24-26-28-30-32-35(7-3)36-34-38-37(39(36)4)33-31-29-27-25-23-21-19-17-15-13-11-9-6-2;1-2-6-9-8(4-1)5-3-7-10-9;/h34-35H,5-33H2,1-4H3;1-7H;1H. The van der Waals surface area contributed by atoms with Crippen LogP contribution in [0.3, 0.4) is 0 Å². The van der Waals surface area contributed by atoms with E-state index in [1.54, 1.807) is 0 Å². The second-order valence-corrected chi connectivity index (χ2v) is 15.0. The highest BCUT2D eigenvalue weighted by molar-refractivity contribution is 8.93. The zero-order valence-electron chi connectivity index (χ0n) is 33.5. The Morgan fingerprint density at radius 1 is 0.520 bits per heavy atom. The maximum absolute atomic E-state index is 4.86. The molecule has 3 aromatic rings. The summed E-state index contributed by atoms with van der Waals surface area (Å²) in [6.07, 6.45) is 44.9. The van der Waals surface area contributed by atoms with E-state index in [1.807, 2.05) is 30.5 Å². The lowest BCUT2D eigenvalue weighted by Gasteiger charge is -2.16. The van der Waals surface area contributed by atoms with Crippen LogP contribution in [-0.2, 0) is 13.5 Å². The number of halogens is 1. The number of hydrogen-bond donors (Lipinski definition) is 0. The predicted octanol–water partition coefficient (Wildman–Crippen LogP) is 15.8. The van der Waals surface area contributed by atoms with Crippen LogP contribution in [0.25, 0.3) is 10.9 Å². The smallest absolute Gasteiger partial charge is 0.108 e. The number of benzene rings is 1. The van der Waals surface area contributed by atoms with Crippen LogP contribution in [0.15, 0.2) is 48.8 Å². The van der Waals surface area contributed by atoms with Crippen molar-refractivity contribution >= 4 is 27.9 Å². The van der Waals surface area contributed by atoms with Gasteiger partial charge in [-0.1, -0.05) is 206 Å². The van der Waals surface area contributed by atoms with Crippen molar-refractivity contribution in [2.24, 2.45) is 7.05 Å². The van der Waals surface area contributed by atoms with E-state index >= 15 is 0 Å². The summed E-state index contributed by atoms with van der Waals surface area (Å²) in [5, 5.41) is 1.20. The summed E-state index contributed by atoms with van der Waals surface area (Å²) >= 11 is 0. The van der Waals surface area contributed by atoms with Crippen LogP contribution in [-0.4, -0.2) is 14.5 Å². The van der Waals surface area contributed by atoms with Crippen LogP contribution in [0.5, 0.6) is 0 Å². The van der Waals surface area contributed by atoms with Crippen LogP contribution < -0.4 is 0 Å². The average Bonchev–Trinajstić information content (AvgIpc) is 3.50.